The van der Waals surface area contributed by atoms with Gasteiger partial charge in [-0.2, -0.15) is 0 Å². The van der Waals surface area contributed by atoms with E-state index in [1.807, 2.05) is 14.1 Å². The molecule has 2 aromatic rings. The second-order valence-electron chi connectivity index (χ2n) is 7.30. The number of rotatable bonds is 5. The summed E-state index contributed by atoms with van der Waals surface area (Å²) >= 11 is 0. The molecule has 1 aliphatic heterocycles. The number of hydrogen-bond acceptors (Lipinski definition) is 5. The van der Waals surface area contributed by atoms with Gasteiger partial charge in [0.05, 0.1) is 45.8 Å². The molecular formula is C21H25FN3O4+. The van der Waals surface area contributed by atoms with Crippen molar-refractivity contribution in [2.75, 3.05) is 27.7 Å². The molecule has 0 radical (unpaired) electrons. The summed E-state index contributed by atoms with van der Waals surface area (Å²) in [7, 11) is 5.18. The van der Waals surface area contributed by atoms with Gasteiger partial charge in [0.1, 0.15) is 17.1 Å². The molecule has 154 valence electrons. The first-order chi connectivity index (χ1) is 13.8. The Morgan fingerprint density at radius 1 is 1.34 bits per heavy atom. The highest BCUT2D eigenvalue weighted by molar-refractivity contribution is 5.92. The number of nitrogens with zero attached hydrogens (tertiary/aromatic N) is 1. The minimum atomic E-state index is -1.03. The second kappa shape index (κ2) is 8.08. The van der Waals surface area contributed by atoms with Crippen molar-refractivity contribution in [1.29, 1.82) is 0 Å². The third-order valence-corrected chi connectivity index (χ3v) is 5.03. The number of methoxy groups -OCH3 is 1. The van der Waals surface area contributed by atoms with Crippen LogP contribution in [-0.4, -0.2) is 38.3 Å². The van der Waals surface area contributed by atoms with Crippen molar-refractivity contribution in [2.24, 2.45) is 5.73 Å². The highest BCUT2D eigenvalue weighted by atomic mass is 19.1. The fourth-order valence-electron chi connectivity index (χ4n) is 3.53. The van der Waals surface area contributed by atoms with Crippen LogP contribution in [0.5, 0.6) is 5.75 Å². The molecule has 7 nitrogen and oxygen atoms in total. The molecule has 0 saturated heterocycles. The van der Waals surface area contributed by atoms with Crippen LogP contribution in [0.1, 0.15) is 22.7 Å². The fourth-order valence-corrected chi connectivity index (χ4v) is 3.53. The molecule has 0 unspecified atom stereocenters. The minimum Gasteiger partial charge on any atom is -0.465 e. The number of likely N-dealkylation sites (N-methyl/N-ethyl adjacent to an activating group) is 1. The van der Waals surface area contributed by atoms with Crippen LogP contribution in [0.2, 0.25) is 0 Å². The molecule has 2 heterocycles. The summed E-state index contributed by atoms with van der Waals surface area (Å²) in [5.41, 5.74) is 6.60. The van der Waals surface area contributed by atoms with Gasteiger partial charge in [-0.05, 0) is 13.0 Å². The molecular weight excluding hydrogens is 377 g/mol. The summed E-state index contributed by atoms with van der Waals surface area (Å²) in [5, 5.41) is 0. The molecule has 0 aliphatic carbocycles. The van der Waals surface area contributed by atoms with E-state index in [1.54, 1.807) is 23.6 Å². The van der Waals surface area contributed by atoms with E-state index < -0.39 is 17.7 Å². The molecule has 1 aromatic heterocycles. The van der Waals surface area contributed by atoms with Crippen molar-refractivity contribution < 1.29 is 23.6 Å². The number of halogens is 1. The molecule has 1 aliphatic rings. The Labute approximate surface area is 168 Å². The Kier molecular flexibility index (Phi) is 5.74. The first-order valence-electron chi connectivity index (χ1n) is 9.29. The average molecular weight is 402 g/mol. The van der Waals surface area contributed by atoms with E-state index >= 15 is 0 Å². The summed E-state index contributed by atoms with van der Waals surface area (Å²) in [6.45, 7) is 2.98. The van der Waals surface area contributed by atoms with Crippen LogP contribution in [0.25, 0.3) is 0 Å². The second-order valence-corrected chi connectivity index (χ2v) is 7.30. The van der Waals surface area contributed by atoms with Gasteiger partial charge in [-0.3, -0.25) is 4.79 Å². The van der Waals surface area contributed by atoms with Gasteiger partial charge in [0.2, 0.25) is 5.88 Å². The molecule has 3 N–H and O–H groups in total. The maximum Gasteiger partial charge on any atom is 0.340 e. The van der Waals surface area contributed by atoms with Gasteiger partial charge in [-0.15, -0.1) is 0 Å². The predicted octanol–water partition coefficient (Wildman–Crippen LogP) is 0.308. The Hall–Kier alpha value is -3.13. The number of nitrogens with one attached hydrogen (secondary N) is 1. The number of carbonyl (C=O) groups is 1. The first kappa shape index (κ1) is 20.6. The first-order valence-corrected chi connectivity index (χ1v) is 9.29. The van der Waals surface area contributed by atoms with Crippen molar-refractivity contribution in [3.63, 3.8) is 0 Å². The average Bonchev–Trinajstić information content (AvgIpc) is 2.66. The number of ether oxygens (including phenoxy) is 2. The monoisotopic (exact) mass is 402 g/mol. The molecule has 1 atom stereocenters. The lowest BCUT2D eigenvalue weighted by atomic mass is 9.83. The van der Waals surface area contributed by atoms with Crippen molar-refractivity contribution in [1.82, 2.24) is 4.57 Å². The number of fused-ring (bicyclic) bond motifs is 1. The van der Waals surface area contributed by atoms with Gasteiger partial charge in [-0.1, -0.05) is 18.2 Å². The number of pyridine rings is 1. The molecule has 0 fully saturated rings. The molecule has 1 aromatic carbocycles. The summed E-state index contributed by atoms with van der Waals surface area (Å²) < 4.78 is 26.8. The van der Waals surface area contributed by atoms with Crippen molar-refractivity contribution in [3.05, 3.63) is 74.8 Å². The summed E-state index contributed by atoms with van der Waals surface area (Å²) in [4.78, 5) is 27.1. The zero-order chi connectivity index (χ0) is 21.3. The van der Waals surface area contributed by atoms with E-state index in [4.69, 9.17) is 15.2 Å². The number of quaternary nitrogens is 1. The third-order valence-electron chi connectivity index (χ3n) is 5.03. The van der Waals surface area contributed by atoms with Gasteiger partial charge in [-0.25, -0.2) is 9.18 Å². The molecule has 0 saturated carbocycles. The van der Waals surface area contributed by atoms with Crippen molar-refractivity contribution in [3.8, 4) is 5.75 Å². The van der Waals surface area contributed by atoms with Crippen LogP contribution in [0.3, 0.4) is 0 Å². The van der Waals surface area contributed by atoms with Gasteiger partial charge < -0.3 is 24.7 Å². The van der Waals surface area contributed by atoms with Crippen LogP contribution in [0, 0.1) is 12.7 Å². The lowest BCUT2D eigenvalue weighted by Gasteiger charge is -2.29. The standard InChI is InChI=1S/C21H24FN3O4/c1-12-11-15-17(20(26)25(12)10-9-24(2)3)16(13-7-5-6-8-14(13)22)18(19(23)29-15)21(27)28-4/h5-8,11,16H,9-10,23H2,1-4H3/p+1/t16-/m1/s1. The highest BCUT2D eigenvalue weighted by Gasteiger charge is 2.39. The number of benzene rings is 1. The fraction of sp³-hybridized carbons (Fsp3) is 0.333. The van der Waals surface area contributed by atoms with E-state index in [1.165, 1.54) is 30.2 Å². The maximum atomic E-state index is 14.7. The third kappa shape index (κ3) is 3.75. The smallest absolute Gasteiger partial charge is 0.340 e. The van der Waals surface area contributed by atoms with Gasteiger partial charge in [0.15, 0.2) is 0 Å². The lowest BCUT2D eigenvalue weighted by Crippen LogP contribution is -3.06. The van der Waals surface area contributed by atoms with Crippen LogP contribution in [-0.2, 0) is 16.1 Å². The SMILES string of the molecule is COC(=O)C1=C(N)Oc2cc(C)n(CC[NH+](C)C)c(=O)c2[C@H]1c1ccccc1F. The molecule has 3 rings (SSSR count). The normalized spacial score (nSPS) is 15.9. The molecule has 8 heteroatoms. The number of nitrogens with two attached hydrogens (primary N) is 1. The maximum absolute atomic E-state index is 14.7. The largest absolute Gasteiger partial charge is 0.465 e. The van der Waals surface area contributed by atoms with E-state index in [2.05, 4.69) is 0 Å². The van der Waals surface area contributed by atoms with Crippen molar-refractivity contribution >= 4 is 5.97 Å². The summed E-state index contributed by atoms with van der Waals surface area (Å²) in [5.74, 6) is -2.33. The van der Waals surface area contributed by atoms with Crippen LogP contribution in [0.4, 0.5) is 4.39 Å². The molecule has 29 heavy (non-hydrogen) atoms. The molecule has 0 bridgehead atoms. The Balaban J connectivity index is 2.29. The van der Waals surface area contributed by atoms with E-state index in [0.29, 0.717) is 18.8 Å². The van der Waals surface area contributed by atoms with Gasteiger partial charge in [0.25, 0.3) is 5.56 Å². The van der Waals surface area contributed by atoms with Crippen LogP contribution in [0.15, 0.2) is 46.6 Å². The Morgan fingerprint density at radius 3 is 2.66 bits per heavy atom. The van der Waals surface area contributed by atoms with E-state index in [0.717, 1.165) is 0 Å². The van der Waals surface area contributed by atoms with Crippen LogP contribution >= 0.6 is 0 Å². The van der Waals surface area contributed by atoms with E-state index in [9.17, 15) is 14.0 Å². The number of aryl methyl sites for hydroxylation is 1. The number of esters is 1. The molecule has 0 amide bonds. The quantitative estimate of drug-likeness (QED) is 0.703. The Bertz CT molecular complexity index is 1040. The van der Waals surface area contributed by atoms with Crippen LogP contribution < -0.4 is 20.9 Å². The number of aromatic nitrogens is 1. The van der Waals surface area contributed by atoms with Gasteiger partial charge in [0, 0.05) is 17.3 Å². The topological polar surface area (TPSA) is 88.0 Å². The highest BCUT2D eigenvalue weighted by Crippen LogP contribution is 2.41. The Morgan fingerprint density at radius 2 is 2.03 bits per heavy atom. The zero-order valence-corrected chi connectivity index (χ0v) is 16.9. The number of hydrogen-bond donors (Lipinski definition) is 2. The van der Waals surface area contributed by atoms with Gasteiger partial charge >= 0.3 is 5.97 Å². The minimum absolute atomic E-state index is 0.0872. The summed E-state index contributed by atoms with van der Waals surface area (Å²) in [6.07, 6.45) is 0. The molecule has 0 spiro atoms. The van der Waals surface area contributed by atoms with Crippen molar-refractivity contribution in [2.45, 2.75) is 19.4 Å². The number of carbonyl (C=O) groups excluding carboxylic acids is 1. The summed E-state index contributed by atoms with van der Waals surface area (Å²) in [6, 6.07) is 7.67. The lowest BCUT2D eigenvalue weighted by molar-refractivity contribution is -0.858. The predicted molar refractivity (Wildman–Crippen MR) is 105 cm³/mol. The zero-order valence-electron chi connectivity index (χ0n) is 16.9. The van der Waals surface area contributed by atoms with E-state index in [-0.39, 0.29) is 33.9 Å².